The minimum absolute atomic E-state index is 0.352. The van der Waals surface area contributed by atoms with Crippen molar-refractivity contribution in [2.75, 3.05) is 19.3 Å². The second-order valence-electron chi connectivity index (χ2n) is 3.74. The molecule has 0 saturated carbocycles. The van der Waals surface area contributed by atoms with E-state index in [4.69, 9.17) is 0 Å². The smallest absolute Gasteiger partial charge is 0.129 e. The molecular formula is C12H18FNOS. The van der Waals surface area contributed by atoms with Gasteiger partial charge < -0.3 is 10.4 Å². The molecule has 2 nitrogen and oxygen atoms in total. The Morgan fingerprint density at radius 3 is 2.69 bits per heavy atom. The molecule has 4 heteroatoms. The third-order valence-electron chi connectivity index (χ3n) is 2.44. The van der Waals surface area contributed by atoms with Crippen molar-refractivity contribution in [3.8, 4) is 0 Å². The Hall–Kier alpha value is -0.580. The summed E-state index contributed by atoms with van der Waals surface area (Å²) in [5, 5.41) is 13.4. The highest BCUT2D eigenvalue weighted by Crippen LogP contribution is 2.15. The Balaban J connectivity index is 2.41. The molecule has 0 saturated heterocycles. The van der Waals surface area contributed by atoms with Crippen LogP contribution in [0.25, 0.3) is 0 Å². The van der Waals surface area contributed by atoms with E-state index in [0.29, 0.717) is 17.4 Å². The van der Waals surface area contributed by atoms with Gasteiger partial charge in [-0.3, -0.25) is 0 Å². The van der Waals surface area contributed by atoms with Crippen LogP contribution < -0.4 is 5.32 Å². The standard InChI is InChI=1S/C12H18FNOS/c1-9(16-2)7-14-8-12(15)10-5-3-4-6-11(10)13/h3-6,9,12,14-15H,7-8H2,1-2H3. The van der Waals surface area contributed by atoms with E-state index in [9.17, 15) is 9.50 Å². The number of aliphatic hydroxyl groups excluding tert-OH is 1. The van der Waals surface area contributed by atoms with Crippen molar-refractivity contribution in [1.29, 1.82) is 0 Å². The SMILES string of the molecule is CSC(C)CNCC(O)c1ccccc1F. The average Bonchev–Trinajstić information content (AvgIpc) is 2.29. The quantitative estimate of drug-likeness (QED) is 0.803. The first kappa shape index (κ1) is 13.5. The van der Waals surface area contributed by atoms with Crippen LogP contribution in [0.5, 0.6) is 0 Å². The lowest BCUT2D eigenvalue weighted by Crippen LogP contribution is -2.27. The number of halogens is 1. The van der Waals surface area contributed by atoms with E-state index in [2.05, 4.69) is 12.2 Å². The molecule has 1 aromatic carbocycles. The summed E-state index contributed by atoms with van der Waals surface area (Å²) < 4.78 is 13.3. The third kappa shape index (κ3) is 4.12. The Bertz CT molecular complexity index is 322. The molecule has 16 heavy (non-hydrogen) atoms. The van der Waals surface area contributed by atoms with Crippen molar-refractivity contribution < 1.29 is 9.50 Å². The van der Waals surface area contributed by atoms with Gasteiger partial charge in [-0.05, 0) is 12.3 Å². The molecule has 0 aliphatic heterocycles. The zero-order valence-electron chi connectivity index (χ0n) is 9.61. The minimum Gasteiger partial charge on any atom is -0.387 e. The lowest BCUT2D eigenvalue weighted by atomic mass is 10.1. The highest BCUT2D eigenvalue weighted by atomic mass is 32.2. The Morgan fingerprint density at radius 2 is 2.06 bits per heavy atom. The highest BCUT2D eigenvalue weighted by molar-refractivity contribution is 7.99. The summed E-state index contributed by atoms with van der Waals surface area (Å²) in [7, 11) is 0. The summed E-state index contributed by atoms with van der Waals surface area (Å²) in [6.45, 7) is 3.30. The molecule has 2 N–H and O–H groups in total. The number of thioether (sulfide) groups is 1. The van der Waals surface area contributed by atoms with E-state index in [1.165, 1.54) is 6.07 Å². The maximum Gasteiger partial charge on any atom is 0.129 e. The fraction of sp³-hybridized carbons (Fsp3) is 0.500. The second kappa shape index (κ2) is 6.89. The van der Waals surface area contributed by atoms with Crippen LogP contribution in [-0.2, 0) is 0 Å². The van der Waals surface area contributed by atoms with Crippen LogP contribution in [0.3, 0.4) is 0 Å². The first-order valence-electron chi connectivity index (χ1n) is 5.31. The molecule has 0 fully saturated rings. The fourth-order valence-corrected chi connectivity index (χ4v) is 1.65. The normalized spacial score (nSPS) is 14.8. The maximum atomic E-state index is 13.3. The van der Waals surface area contributed by atoms with Crippen LogP contribution in [0.4, 0.5) is 4.39 Å². The molecule has 0 aliphatic carbocycles. The van der Waals surface area contributed by atoms with Gasteiger partial charge in [-0.25, -0.2) is 4.39 Å². The molecule has 2 atom stereocenters. The van der Waals surface area contributed by atoms with Gasteiger partial charge in [-0.1, -0.05) is 25.1 Å². The van der Waals surface area contributed by atoms with Gasteiger partial charge in [0, 0.05) is 23.9 Å². The van der Waals surface area contributed by atoms with E-state index in [1.54, 1.807) is 30.0 Å². The number of nitrogens with one attached hydrogen (secondary N) is 1. The van der Waals surface area contributed by atoms with Crippen molar-refractivity contribution in [3.63, 3.8) is 0 Å². The van der Waals surface area contributed by atoms with Gasteiger partial charge in [-0.2, -0.15) is 11.8 Å². The molecule has 0 aliphatic rings. The number of hydrogen-bond donors (Lipinski definition) is 2. The zero-order chi connectivity index (χ0) is 12.0. The molecule has 1 rings (SSSR count). The Morgan fingerprint density at radius 1 is 1.38 bits per heavy atom. The monoisotopic (exact) mass is 243 g/mol. The lowest BCUT2D eigenvalue weighted by Gasteiger charge is -2.14. The topological polar surface area (TPSA) is 32.3 Å². The number of hydrogen-bond acceptors (Lipinski definition) is 3. The molecule has 1 aromatic rings. The van der Waals surface area contributed by atoms with Crippen LogP contribution in [0.1, 0.15) is 18.6 Å². The summed E-state index contributed by atoms with van der Waals surface area (Å²) >= 11 is 1.76. The van der Waals surface area contributed by atoms with Gasteiger partial charge in [-0.15, -0.1) is 0 Å². The molecule has 0 amide bonds. The molecule has 2 unspecified atom stereocenters. The van der Waals surface area contributed by atoms with E-state index < -0.39 is 6.10 Å². The third-order valence-corrected chi connectivity index (χ3v) is 3.41. The highest BCUT2D eigenvalue weighted by Gasteiger charge is 2.11. The van der Waals surface area contributed by atoms with Crippen molar-refractivity contribution in [3.05, 3.63) is 35.6 Å². The van der Waals surface area contributed by atoms with Crippen LogP contribution in [0, 0.1) is 5.82 Å². The van der Waals surface area contributed by atoms with Crippen molar-refractivity contribution >= 4 is 11.8 Å². The van der Waals surface area contributed by atoms with Gasteiger partial charge in [0.2, 0.25) is 0 Å². The zero-order valence-corrected chi connectivity index (χ0v) is 10.4. The lowest BCUT2D eigenvalue weighted by molar-refractivity contribution is 0.170. The van der Waals surface area contributed by atoms with Gasteiger partial charge in [0.25, 0.3) is 0 Å². The van der Waals surface area contributed by atoms with Crippen LogP contribution in [-0.4, -0.2) is 29.7 Å². The molecule has 0 bridgehead atoms. The largest absolute Gasteiger partial charge is 0.387 e. The number of rotatable bonds is 6. The Labute approximate surface area is 100 Å². The van der Waals surface area contributed by atoms with Gasteiger partial charge in [0.1, 0.15) is 5.82 Å². The molecule has 0 radical (unpaired) electrons. The fourth-order valence-electron chi connectivity index (χ4n) is 1.36. The summed E-state index contributed by atoms with van der Waals surface area (Å²) in [5.74, 6) is -0.352. The van der Waals surface area contributed by atoms with Crippen molar-refractivity contribution in [1.82, 2.24) is 5.32 Å². The second-order valence-corrected chi connectivity index (χ2v) is 5.02. The average molecular weight is 243 g/mol. The number of aliphatic hydroxyl groups is 1. The Kier molecular flexibility index (Phi) is 5.80. The summed E-state index contributed by atoms with van der Waals surface area (Å²) in [6, 6.07) is 6.32. The van der Waals surface area contributed by atoms with E-state index in [1.807, 2.05) is 6.26 Å². The first-order chi connectivity index (χ1) is 7.65. The van der Waals surface area contributed by atoms with Crippen LogP contribution >= 0.6 is 11.8 Å². The van der Waals surface area contributed by atoms with Crippen LogP contribution in [0.15, 0.2) is 24.3 Å². The van der Waals surface area contributed by atoms with Crippen molar-refractivity contribution in [2.24, 2.45) is 0 Å². The van der Waals surface area contributed by atoms with Crippen LogP contribution in [0.2, 0.25) is 0 Å². The maximum absolute atomic E-state index is 13.3. The van der Waals surface area contributed by atoms with Crippen molar-refractivity contribution in [2.45, 2.75) is 18.3 Å². The molecule has 0 heterocycles. The number of benzene rings is 1. The van der Waals surface area contributed by atoms with Gasteiger partial charge in [0.05, 0.1) is 6.10 Å². The van der Waals surface area contributed by atoms with E-state index in [-0.39, 0.29) is 5.82 Å². The summed E-state index contributed by atoms with van der Waals surface area (Å²) in [5.41, 5.74) is 0.354. The molecule has 0 aromatic heterocycles. The van der Waals surface area contributed by atoms with E-state index >= 15 is 0 Å². The molecular weight excluding hydrogens is 225 g/mol. The minimum atomic E-state index is -0.782. The summed E-state index contributed by atoms with van der Waals surface area (Å²) in [6.07, 6.45) is 1.26. The van der Waals surface area contributed by atoms with Gasteiger partial charge >= 0.3 is 0 Å². The predicted octanol–water partition coefficient (Wildman–Crippen LogP) is 2.20. The molecule has 90 valence electrons. The van der Waals surface area contributed by atoms with E-state index in [0.717, 1.165) is 6.54 Å². The summed E-state index contributed by atoms with van der Waals surface area (Å²) in [4.78, 5) is 0. The molecule has 0 spiro atoms. The predicted molar refractivity (Wildman–Crippen MR) is 67.2 cm³/mol. The first-order valence-corrected chi connectivity index (χ1v) is 6.60. The van der Waals surface area contributed by atoms with Gasteiger partial charge in [0.15, 0.2) is 0 Å².